The van der Waals surface area contributed by atoms with Crippen LogP contribution in [0.2, 0.25) is 0 Å². The van der Waals surface area contributed by atoms with Gasteiger partial charge in [-0.15, -0.1) is 0 Å². The Balaban J connectivity index is 2.30. The van der Waals surface area contributed by atoms with Gasteiger partial charge in [0.2, 0.25) is 5.91 Å². The second kappa shape index (κ2) is 10.1. The van der Waals surface area contributed by atoms with Crippen LogP contribution in [0.4, 0.5) is 0 Å². The van der Waals surface area contributed by atoms with Crippen LogP contribution in [0.25, 0.3) is 0 Å². The molecule has 0 fully saturated rings. The topological polar surface area (TPSA) is 75.6 Å². The summed E-state index contributed by atoms with van der Waals surface area (Å²) in [6, 6.07) is 7.06. The molecule has 0 aromatic heterocycles. The first-order valence-electron chi connectivity index (χ1n) is 7.25. The molecule has 0 saturated heterocycles. The zero-order valence-electron chi connectivity index (χ0n) is 13.0. The van der Waals surface area contributed by atoms with E-state index in [0.717, 1.165) is 17.7 Å². The Labute approximate surface area is 135 Å². The van der Waals surface area contributed by atoms with Crippen molar-refractivity contribution in [2.75, 3.05) is 18.1 Å². The maximum absolute atomic E-state index is 11.7. The van der Waals surface area contributed by atoms with Crippen LogP contribution >= 0.6 is 11.8 Å². The number of rotatable bonds is 10. The predicted octanol–water partition coefficient (Wildman–Crippen LogP) is 2.55. The molecule has 1 amide bonds. The van der Waals surface area contributed by atoms with E-state index < -0.39 is 5.97 Å². The molecule has 1 aromatic carbocycles. The fourth-order valence-corrected chi connectivity index (χ4v) is 2.70. The van der Waals surface area contributed by atoms with Crippen LogP contribution in [-0.4, -0.2) is 35.1 Å². The van der Waals surface area contributed by atoms with Crippen molar-refractivity contribution in [1.82, 2.24) is 5.32 Å². The van der Waals surface area contributed by atoms with Gasteiger partial charge in [-0.05, 0) is 35.8 Å². The highest BCUT2D eigenvalue weighted by atomic mass is 32.2. The molecular formula is C16H23NO4S. The van der Waals surface area contributed by atoms with Gasteiger partial charge in [0, 0.05) is 6.54 Å². The summed E-state index contributed by atoms with van der Waals surface area (Å²) in [5.41, 5.74) is 0.878. The number of amides is 1. The lowest BCUT2D eigenvalue weighted by atomic mass is 10.2. The Bertz CT molecular complexity index is 491. The summed E-state index contributed by atoms with van der Waals surface area (Å²) in [7, 11) is 0. The van der Waals surface area contributed by atoms with E-state index in [1.807, 2.05) is 6.07 Å². The van der Waals surface area contributed by atoms with Crippen LogP contribution in [0.5, 0.6) is 5.75 Å². The number of thioether (sulfide) groups is 1. The van der Waals surface area contributed by atoms with Gasteiger partial charge in [0.15, 0.2) is 6.61 Å². The number of carboxylic acids is 1. The quantitative estimate of drug-likeness (QED) is 0.647. The predicted molar refractivity (Wildman–Crippen MR) is 88.2 cm³/mol. The van der Waals surface area contributed by atoms with Crippen molar-refractivity contribution in [1.29, 1.82) is 0 Å². The maximum atomic E-state index is 11.7. The Morgan fingerprint density at radius 1 is 1.36 bits per heavy atom. The van der Waals surface area contributed by atoms with Gasteiger partial charge in [0.25, 0.3) is 0 Å². The largest absolute Gasteiger partial charge is 0.482 e. The minimum absolute atomic E-state index is 0.00520. The van der Waals surface area contributed by atoms with Gasteiger partial charge in [-0.25, -0.2) is 4.79 Å². The molecular weight excluding hydrogens is 302 g/mol. The molecule has 0 aliphatic rings. The number of carbonyl (C=O) groups excluding carboxylic acids is 1. The normalized spacial score (nSPS) is 10.5. The molecule has 0 heterocycles. The van der Waals surface area contributed by atoms with Crippen LogP contribution in [0, 0.1) is 5.92 Å². The van der Waals surface area contributed by atoms with E-state index in [9.17, 15) is 9.59 Å². The first kappa shape index (κ1) is 18.4. The number of aliphatic carboxylic acids is 1. The van der Waals surface area contributed by atoms with Crippen molar-refractivity contribution in [3.8, 4) is 5.75 Å². The average Bonchev–Trinajstić information content (AvgIpc) is 2.48. The molecule has 22 heavy (non-hydrogen) atoms. The zero-order chi connectivity index (χ0) is 16.4. The second-order valence-corrected chi connectivity index (χ2v) is 6.45. The fraction of sp³-hybridized carbons (Fsp3) is 0.500. The van der Waals surface area contributed by atoms with E-state index >= 15 is 0 Å². The molecule has 0 bridgehead atoms. The lowest BCUT2D eigenvalue weighted by Gasteiger charge is -2.08. The van der Waals surface area contributed by atoms with Gasteiger partial charge in [0.05, 0.1) is 5.75 Å². The van der Waals surface area contributed by atoms with Crippen molar-refractivity contribution in [3.05, 3.63) is 29.8 Å². The molecule has 0 unspecified atom stereocenters. The van der Waals surface area contributed by atoms with E-state index in [0.29, 0.717) is 24.0 Å². The van der Waals surface area contributed by atoms with Gasteiger partial charge in [0.1, 0.15) is 5.75 Å². The summed E-state index contributed by atoms with van der Waals surface area (Å²) >= 11 is 1.64. The molecule has 0 atom stereocenters. The Morgan fingerprint density at radius 2 is 2.14 bits per heavy atom. The summed E-state index contributed by atoms with van der Waals surface area (Å²) in [5, 5.41) is 11.4. The summed E-state index contributed by atoms with van der Waals surface area (Å²) in [5.74, 6) is 1.58. The lowest BCUT2D eigenvalue weighted by Crippen LogP contribution is -2.24. The molecule has 122 valence electrons. The lowest BCUT2D eigenvalue weighted by molar-refractivity contribution is -0.139. The number of benzene rings is 1. The second-order valence-electron chi connectivity index (χ2n) is 5.34. The van der Waals surface area contributed by atoms with Crippen LogP contribution in [0.15, 0.2) is 24.3 Å². The van der Waals surface area contributed by atoms with Crippen LogP contribution in [-0.2, 0) is 16.1 Å². The molecule has 0 radical (unpaired) electrons. The van der Waals surface area contributed by atoms with Crippen molar-refractivity contribution in [3.63, 3.8) is 0 Å². The van der Waals surface area contributed by atoms with E-state index in [1.54, 1.807) is 30.0 Å². The molecule has 6 heteroatoms. The van der Waals surface area contributed by atoms with Crippen molar-refractivity contribution >= 4 is 23.6 Å². The van der Waals surface area contributed by atoms with Crippen molar-refractivity contribution < 1.29 is 19.4 Å². The molecule has 1 rings (SSSR count). The standard InChI is InChI=1S/C16H23NO4S/c1-12(2)6-7-22-11-15(18)17-9-13-4-3-5-14(8-13)21-10-16(19)20/h3-5,8,12H,6-7,9-11H2,1-2H3,(H,17,18)(H,19,20). The number of hydrogen-bond acceptors (Lipinski definition) is 4. The summed E-state index contributed by atoms with van der Waals surface area (Å²) in [4.78, 5) is 22.2. The number of nitrogens with one attached hydrogen (secondary N) is 1. The van der Waals surface area contributed by atoms with Gasteiger partial charge in [-0.2, -0.15) is 11.8 Å². The Morgan fingerprint density at radius 3 is 2.82 bits per heavy atom. The van der Waals surface area contributed by atoms with Gasteiger partial charge in [-0.3, -0.25) is 4.79 Å². The van der Waals surface area contributed by atoms with Gasteiger partial charge < -0.3 is 15.2 Å². The first-order chi connectivity index (χ1) is 10.5. The van der Waals surface area contributed by atoms with Crippen molar-refractivity contribution in [2.45, 2.75) is 26.8 Å². The molecule has 0 saturated carbocycles. The number of carboxylic acid groups (broad SMARTS) is 1. The van der Waals surface area contributed by atoms with E-state index in [-0.39, 0.29) is 12.5 Å². The third-order valence-electron chi connectivity index (χ3n) is 2.82. The summed E-state index contributed by atoms with van der Waals surface area (Å²) in [6.07, 6.45) is 1.11. The SMILES string of the molecule is CC(C)CCSCC(=O)NCc1cccc(OCC(=O)O)c1. The minimum Gasteiger partial charge on any atom is -0.482 e. The highest BCUT2D eigenvalue weighted by molar-refractivity contribution is 7.99. The maximum Gasteiger partial charge on any atom is 0.341 e. The molecule has 0 aliphatic heterocycles. The van der Waals surface area contributed by atoms with E-state index in [2.05, 4.69) is 19.2 Å². The Kier molecular flexibility index (Phi) is 8.43. The third kappa shape index (κ3) is 8.56. The number of carbonyl (C=O) groups is 2. The van der Waals surface area contributed by atoms with Crippen molar-refractivity contribution in [2.24, 2.45) is 5.92 Å². The van der Waals surface area contributed by atoms with Crippen LogP contribution < -0.4 is 10.1 Å². The summed E-state index contributed by atoms with van der Waals surface area (Å²) < 4.78 is 5.10. The fourth-order valence-electron chi connectivity index (χ4n) is 1.63. The third-order valence-corrected chi connectivity index (χ3v) is 3.81. The Hall–Kier alpha value is -1.69. The molecule has 0 spiro atoms. The molecule has 5 nitrogen and oxygen atoms in total. The zero-order valence-corrected chi connectivity index (χ0v) is 13.8. The smallest absolute Gasteiger partial charge is 0.341 e. The molecule has 1 aromatic rings. The first-order valence-corrected chi connectivity index (χ1v) is 8.41. The van der Waals surface area contributed by atoms with Crippen LogP contribution in [0.3, 0.4) is 0 Å². The van der Waals surface area contributed by atoms with E-state index in [1.165, 1.54) is 0 Å². The average molecular weight is 325 g/mol. The monoisotopic (exact) mass is 325 g/mol. The van der Waals surface area contributed by atoms with Crippen LogP contribution in [0.1, 0.15) is 25.8 Å². The van der Waals surface area contributed by atoms with Gasteiger partial charge in [-0.1, -0.05) is 26.0 Å². The number of hydrogen-bond donors (Lipinski definition) is 2. The minimum atomic E-state index is -1.02. The van der Waals surface area contributed by atoms with E-state index in [4.69, 9.17) is 9.84 Å². The molecule has 2 N–H and O–H groups in total. The highest BCUT2D eigenvalue weighted by Gasteiger charge is 2.04. The highest BCUT2D eigenvalue weighted by Crippen LogP contribution is 2.13. The van der Waals surface area contributed by atoms with Gasteiger partial charge >= 0.3 is 5.97 Å². The number of ether oxygens (including phenoxy) is 1. The molecule has 0 aliphatic carbocycles. The summed E-state index contributed by atoms with van der Waals surface area (Å²) in [6.45, 7) is 4.37.